The molecule has 4 N–H and O–H groups in total. The number of guanidine groups is 1. The van der Waals surface area contributed by atoms with Gasteiger partial charge in [-0.3, -0.25) is 9.79 Å². The summed E-state index contributed by atoms with van der Waals surface area (Å²) in [4.78, 5) is 15.6. The molecule has 0 aromatic heterocycles. The molecule has 7 nitrogen and oxygen atoms in total. The minimum Gasteiger partial charge on any atom is -0.494 e. The molecule has 1 atom stereocenters. The van der Waals surface area contributed by atoms with E-state index in [1.807, 2.05) is 25.1 Å². The van der Waals surface area contributed by atoms with Crippen LogP contribution in [0.2, 0.25) is 0 Å². The van der Waals surface area contributed by atoms with Crippen molar-refractivity contribution in [2.75, 3.05) is 13.7 Å². The van der Waals surface area contributed by atoms with Gasteiger partial charge < -0.3 is 25.8 Å². The number of amides is 1. The molecule has 0 fully saturated rings. The van der Waals surface area contributed by atoms with Crippen molar-refractivity contribution in [3.63, 3.8) is 0 Å². The van der Waals surface area contributed by atoms with Crippen molar-refractivity contribution in [2.45, 2.75) is 39.5 Å². The smallest absolute Gasteiger partial charge is 0.248 e. The highest BCUT2D eigenvalue weighted by Crippen LogP contribution is 2.35. The monoisotopic (exact) mass is 396 g/mol. The zero-order chi connectivity index (χ0) is 20.8. The van der Waals surface area contributed by atoms with Gasteiger partial charge in [-0.2, -0.15) is 0 Å². The van der Waals surface area contributed by atoms with E-state index < -0.39 is 5.91 Å². The summed E-state index contributed by atoms with van der Waals surface area (Å²) in [6.07, 6.45) is 1.09. The Kier molecular flexibility index (Phi) is 6.59. The number of aliphatic imine (C=N–C) groups is 1. The van der Waals surface area contributed by atoms with Gasteiger partial charge in [0.25, 0.3) is 0 Å². The van der Waals surface area contributed by atoms with Crippen molar-refractivity contribution in [3.8, 4) is 11.5 Å². The van der Waals surface area contributed by atoms with Crippen LogP contribution in [-0.2, 0) is 19.5 Å². The van der Waals surface area contributed by atoms with Crippen LogP contribution in [0.5, 0.6) is 11.5 Å². The van der Waals surface area contributed by atoms with Crippen molar-refractivity contribution < 1.29 is 14.3 Å². The molecule has 1 unspecified atom stereocenters. The minimum absolute atomic E-state index is 0.188. The molecule has 154 valence electrons. The lowest BCUT2D eigenvalue weighted by molar-refractivity contribution is 0.1000. The summed E-state index contributed by atoms with van der Waals surface area (Å²) in [5, 5.41) is 6.55. The lowest BCUT2D eigenvalue weighted by Crippen LogP contribution is -2.36. The van der Waals surface area contributed by atoms with Crippen molar-refractivity contribution in [3.05, 3.63) is 58.7 Å². The van der Waals surface area contributed by atoms with Gasteiger partial charge in [0.2, 0.25) is 5.91 Å². The number of rotatable bonds is 7. The Morgan fingerprint density at radius 3 is 2.79 bits per heavy atom. The maximum absolute atomic E-state index is 11.3. The Bertz CT molecular complexity index is 911. The number of hydrogen-bond donors (Lipinski definition) is 3. The average molecular weight is 396 g/mol. The van der Waals surface area contributed by atoms with Crippen LogP contribution in [0.3, 0.4) is 0 Å². The second-order valence-electron chi connectivity index (χ2n) is 6.98. The van der Waals surface area contributed by atoms with Gasteiger partial charge in [-0.25, -0.2) is 0 Å². The summed E-state index contributed by atoms with van der Waals surface area (Å²) >= 11 is 0. The van der Waals surface area contributed by atoms with Crippen molar-refractivity contribution in [2.24, 2.45) is 10.7 Å². The molecule has 0 spiro atoms. The summed E-state index contributed by atoms with van der Waals surface area (Å²) in [5.74, 6) is 1.99. The summed E-state index contributed by atoms with van der Waals surface area (Å²) in [6.45, 7) is 5.71. The first-order valence-corrected chi connectivity index (χ1v) is 9.78. The Morgan fingerprint density at radius 2 is 2.07 bits per heavy atom. The number of carbonyl (C=O) groups excluding carboxylic acids is 1. The molecule has 29 heavy (non-hydrogen) atoms. The zero-order valence-electron chi connectivity index (χ0n) is 17.1. The number of carbonyl (C=O) groups is 1. The molecule has 1 heterocycles. The van der Waals surface area contributed by atoms with Gasteiger partial charge in [0.15, 0.2) is 5.96 Å². The molecular formula is C22H28N4O3. The number of nitrogens with two attached hydrogens (primary N) is 1. The van der Waals surface area contributed by atoms with Crippen LogP contribution in [0, 0.1) is 0 Å². The minimum atomic E-state index is -0.439. The zero-order valence-corrected chi connectivity index (χ0v) is 17.1. The average Bonchev–Trinajstić information content (AvgIpc) is 3.07. The highest BCUT2D eigenvalue weighted by Gasteiger charge is 2.21. The Morgan fingerprint density at radius 1 is 1.28 bits per heavy atom. The fourth-order valence-electron chi connectivity index (χ4n) is 3.33. The maximum atomic E-state index is 11.3. The number of ether oxygens (including phenoxy) is 2. The molecular weight excluding hydrogens is 368 g/mol. The Hall–Kier alpha value is -3.22. The molecule has 2 aromatic carbocycles. The van der Waals surface area contributed by atoms with E-state index in [1.54, 1.807) is 19.2 Å². The number of primary amides is 1. The first-order chi connectivity index (χ1) is 14.0. The highest BCUT2D eigenvalue weighted by molar-refractivity contribution is 5.92. The van der Waals surface area contributed by atoms with Gasteiger partial charge in [-0.05, 0) is 43.7 Å². The van der Waals surface area contributed by atoms with Crippen LogP contribution < -0.4 is 25.8 Å². The molecule has 0 aliphatic carbocycles. The number of nitrogens with one attached hydrogen (secondary N) is 2. The molecule has 3 rings (SSSR count). The third-order valence-electron chi connectivity index (χ3n) is 4.72. The van der Waals surface area contributed by atoms with E-state index in [1.165, 1.54) is 5.56 Å². The number of fused-ring (bicyclic) bond motifs is 1. The van der Waals surface area contributed by atoms with Crippen molar-refractivity contribution in [1.29, 1.82) is 0 Å². The van der Waals surface area contributed by atoms with E-state index in [4.69, 9.17) is 15.2 Å². The maximum Gasteiger partial charge on any atom is 0.248 e. The van der Waals surface area contributed by atoms with Gasteiger partial charge in [0.1, 0.15) is 17.6 Å². The normalized spacial score (nSPS) is 15.4. The number of nitrogens with zero attached hydrogens (tertiary/aromatic N) is 1. The second-order valence-corrected chi connectivity index (χ2v) is 6.98. The van der Waals surface area contributed by atoms with Gasteiger partial charge in [-0.1, -0.05) is 12.1 Å². The van der Waals surface area contributed by atoms with Crippen molar-refractivity contribution in [1.82, 2.24) is 10.6 Å². The lowest BCUT2D eigenvalue weighted by atomic mass is 10.1. The lowest BCUT2D eigenvalue weighted by Gasteiger charge is -2.16. The molecule has 0 saturated carbocycles. The fourth-order valence-corrected chi connectivity index (χ4v) is 3.33. The van der Waals surface area contributed by atoms with Crippen LogP contribution in [0.4, 0.5) is 0 Å². The van der Waals surface area contributed by atoms with Crippen LogP contribution >= 0.6 is 0 Å². The van der Waals surface area contributed by atoms with Crippen LogP contribution in [-0.4, -0.2) is 31.6 Å². The van der Waals surface area contributed by atoms with Crippen LogP contribution in [0.25, 0.3) is 0 Å². The topological polar surface area (TPSA) is 98.0 Å². The highest BCUT2D eigenvalue weighted by atomic mass is 16.5. The SMILES string of the molecule is CCOc1cc2c(cc1CNC(=NC)NCc1cccc(C(N)=O)c1)OC(C)C2. The van der Waals surface area contributed by atoms with E-state index in [0.717, 1.165) is 29.0 Å². The quantitative estimate of drug-likeness (QED) is 0.493. The molecule has 0 radical (unpaired) electrons. The van der Waals surface area contributed by atoms with E-state index in [2.05, 4.69) is 28.6 Å². The first kappa shape index (κ1) is 20.5. The molecule has 1 amide bonds. The summed E-state index contributed by atoms with van der Waals surface area (Å²) < 4.78 is 11.7. The number of hydrogen-bond acceptors (Lipinski definition) is 4. The van der Waals surface area contributed by atoms with E-state index in [0.29, 0.717) is 31.2 Å². The Labute approximate surface area is 171 Å². The standard InChI is InChI=1S/C22H28N4O3/c1-4-28-19-10-17-8-14(2)29-20(17)11-18(19)13-26-22(24-3)25-12-15-6-5-7-16(9-15)21(23)27/h5-7,9-11,14H,4,8,12-13H2,1-3H3,(H2,23,27)(H2,24,25,26). The van der Waals surface area contributed by atoms with E-state index in [9.17, 15) is 4.79 Å². The fraction of sp³-hybridized carbons (Fsp3) is 0.364. The van der Waals surface area contributed by atoms with Gasteiger partial charge in [0, 0.05) is 43.2 Å². The molecule has 0 bridgehead atoms. The largest absolute Gasteiger partial charge is 0.494 e. The number of benzene rings is 2. The molecule has 1 aliphatic rings. The van der Waals surface area contributed by atoms with Gasteiger partial charge in [0.05, 0.1) is 6.61 Å². The Balaban J connectivity index is 1.64. The summed E-state index contributed by atoms with van der Waals surface area (Å²) in [7, 11) is 1.71. The molecule has 2 aromatic rings. The first-order valence-electron chi connectivity index (χ1n) is 9.78. The van der Waals surface area contributed by atoms with Crippen LogP contribution in [0.15, 0.2) is 41.4 Å². The van der Waals surface area contributed by atoms with Gasteiger partial charge in [-0.15, -0.1) is 0 Å². The third kappa shape index (κ3) is 5.19. The second kappa shape index (κ2) is 9.32. The molecule has 7 heteroatoms. The molecule has 1 aliphatic heterocycles. The predicted octanol–water partition coefficient (Wildman–Crippen LogP) is 2.37. The predicted molar refractivity (Wildman–Crippen MR) is 113 cm³/mol. The third-order valence-corrected chi connectivity index (χ3v) is 4.72. The van der Waals surface area contributed by atoms with Crippen molar-refractivity contribution >= 4 is 11.9 Å². The van der Waals surface area contributed by atoms with E-state index >= 15 is 0 Å². The summed E-state index contributed by atoms with van der Waals surface area (Å²) in [5.41, 5.74) is 8.97. The van der Waals surface area contributed by atoms with Gasteiger partial charge >= 0.3 is 0 Å². The summed E-state index contributed by atoms with van der Waals surface area (Å²) in [6, 6.07) is 11.3. The molecule has 0 saturated heterocycles. The van der Waals surface area contributed by atoms with Crippen LogP contribution in [0.1, 0.15) is 40.9 Å². The van der Waals surface area contributed by atoms with E-state index in [-0.39, 0.29) is 6.10 Å².